The van der Waals surface area contributed by atoms with E-state index in [4.69, 9.17) is 14.2 Å². The molecule has 2 aliphatic heterocycles. The number of aliphatic hydroxyl groups is 4. The van der Waals surface area contributed by atoms with Crippen molar-refractivity contribution in [2.45, 2.75) is 129 Å². The Morgan fingerprint density at radius 3 is 2.23 bits per heavy atom. The van der Waals surface area contributed by atoms with Crippen LogP contribution in [0.4, 0.5) is 0 Å². The third kappa shape index (κ3) is 15.2. The summed E-state index contributed by atoms with van der Waals surface area (Å²) in [5.41, 5.74) is 5.92. The van der Waals surface area contributed by atoms with E-state index in [9.17, 15) is 30.0 Å². The van der Waals surface area contributed by atoms with Crippen LogP contribution < -0.4 is 0 Å². The minimum atomic E-state index is -1.27. The normalized spacial score (nSPS) is 29.7. The van der Waals surface area contributed by atoms with Crippen LogP contribution in [0.2, 0.25) is 0 Å². The second kappa shape index (κ2) is 26.5. The van der Waals surface area contributed by atoms with Gasteiger partial charge in [-0.15, -0.1) is 5.10 Å². The first-order valence-corrected chi connectivity index (χ1v) is 25.9. The lowest BCUT2D eigenvalue weighted by Gasteiger charge is -2.47. The molecular weight excluding hydrogens is 1000 g/mol. The van der Waals surface area contributed by atoms with Crippen LogP contribution in [-0.4, -0.2) is 140 Å². The number of esters is 1. The zero-order chi connectivity index (χ0) is 50.5. The number of likely N-dealkylation sites (N-methyl/N-ethyl adjacent to an activating group) is 1. The van der Waals surface area contributed by atoms with Crippen molar-refractivity contribution in [3.05, 3.63) is 118 Å². The maximum absolute atomic E-state index is 14.1. The summed E-state index contributed by atoms with van der Waals surface area (Å²) in [6.45, 7) is 11.4. The van der Waals surface area contributed by atoms with Gasteiger partial charge in [-0.3, -0.25) is 19.2 Å². The highest BCUT2D eigenvalue weighted by atomic mass is 127. The van der Waals surface area contributed by atoms with E-state index in [0.29, 0.717) is 51.9 Å². The highest BCUT2D eigenvalue weighted by molar-refractivity contribution is 14.1. The molecule has 3 heterocycles. The topological polar surface area (TPSA) is 180 Å². The maximum Gasteiger partial charge on any atom is 0.308 e. The number of aromatic nitrogens is 3. The first-order chi connectivity index (χ1) is 33.5. The smallest absolute Gasteiger partial charge is 0.308 e. The molecule has 70 heavy (non-hydrogen) atoms. The molecule has 4 N–H and O–H groups in total. The molecule has 1 aromatic heterocycles. The lowest BCUT2D eigenvalue weighted by molar-refractivity contribution is -0.304. The Hall–Kier alpha value is -4.17. The molecule has 6 rings (SSSR count). The van der Waals surface area contributed by atoms with Gasteiger partial charge in [0.25, 0.3) is 0 Å². The third-order valence-electron chi connectivity index (χ3n) is 14.0. The molecule has 15 heteroatoms. The van der Waals surface area contributed by atoms with Crippen LogP contribution in [0.1, 0.15) is 72.3 Å². The molecular formula is C55H74IN5O9. The van der Waals surface area contributed by atoms with Crippen molar-refractivity contribution in [2.24, 2.45) is 23.7 Å². The SMILES string of the molecule is CC[C@H]1OC(=O)C[C@@H](O)[C@H](C)[C@@H](O[C@@H]2O[C@H](C)[C@@H](O)C(N(C)C)C2O)[C@@H](CCN(CCn2cc(-c3ccc(-c4ccccc4)cc3)nn2)Cc2ccc(I)cc2)C[C@@H](C)C(=O)/C=C/C(C)=C/[C@@H]1CCO. The number of rotatable bonds is 16. The summed E-state index contributed by atoms with van der Waals surface area (Å²) in [5.74, 6) is -2.57. The molecule has 4 aromatic rings. The van der Waals surface area contributed by atoms with Gasteiger partial charge >= 0.3 is 5.97 Å². The summed E-state index contributed by atoms with van der Waals surface area (Å²) in [6, 6.07) is 26.2. The Kier molecular flexibility index (Phi) is 20.9. The van der Waals surface area contributed by atoms with Gasteiger partial charge in [0, 0.05) is 46.6 Å². The number of halogens is 1. The van der Waals surface area contributed by atoms with Crippen molar-refractivity contribution in [3.63, 3.8) is 0 Å². The van der Waals surface area contributed by atoms with Crippen molar-refractivity contribution < 1.29 is 44.2 Å². The Balaban J connectivity index is 1.32. The summed E-state index contributed by atoms with van der Waals surface area (Å²) in [4.78, 5) is 31.9. The van der Waals surface area contributed by atoms with Crippen LogP contribution in [0.25, 0.3) is 22.4 Å². The van der Waals surface area contributed by atoms with Crippen molar-refractivity contribution >= 4 is 34.3 Å². The number of allylic oxidation sites excluding steroid dienone is 3. The van der Waals surface area contributed by atoms with Gasteiger partial charge in [0.1, 0.15) is 17.9 Å². The number of aliphatic hydroxyl groups excluding tert-OH is 4. The van der Waals surface area contributed by atoms with Crippen molar-refractivity contribution in [2.75, 3.05) is 33.8 Å². The van der Waals surface area contributed by atoms with Gasteiger partial charge in [0.15, 0.2) is 12.1 Å². The molecule has 0 saturated carbocycles. The Morgan fingerprint density at radius 2 is 1.56 bits per heavy atom. The lowest BCUT2D eigenvalue weighted by Crippen LogP contribution is -2.63. The average Bonchev–Trinajstić information content (AvgIpc) is 3.83. The number of nitrogens with zero attached hydrogens (tertiary/aromatic N) is 5. The second-order valence-corrected chi connectivity index (χ2v) is 20.8. The fourth-order valence-corrected chi connectivity index (χ4v) is 10.2. The molecule has 14 nitrogen and oxygen atoms in total. The maximum atomic E-state index is 14.1. The largest absolute Gasteiger partial charge is 0.462 e. The molecule has 380 valence electrons. The average molecular weight is 1080 g/mol. The molecule has 0 radical (unpaired) electrons. The van der Waals surface area contributed by atoms with Crippen LogP contribution in [0.15, 0.2) is 109 Å². The number of hydrogen-bond donors (Lipinski definition) is 4. The standard InChI is InChI=1S/C55H74IN5O9/c1-8-49-43(25-29-62)30-35(2)14-23-47(63)36(3)31-44(54(37(4)48(64)32-50(65)69-49)70-55-53(67)51(59(6)7)52(66)38(5)68-55)24-26-60(33-39-15-21-45(56)22-16-39)27-28-61-34-46(57-58-61)42-19-17-41(18-20-42)40-12-10-9-11-13-40/h9-23,30,34,36-38,43-44,48-49,51-55,62,64,66-67H,8,24-29,31-33H2,1-7H3/b23-14+,35-30+/t36-,37+,38-,43+,44+,48-,49-,51?,52-,53?,54-,55+/m1/s1. The molecule has 0 bridgehead atoms. The van der Waals surface area contributed by atoms with Crippen molar-refractivity contribution in [3.8, 4) is 22.4 Å². The van der Waals surface area contributed by atoms with E-state index >= 15 is 0 Å². The van der Waals surface area contributed by atoms with E-state index in [2.05, 4.69) is 98.5 Å². The number of carbonyl (C=O) groups excluding carboxylic acids is 2. The number of carbonyl (C=O) groups is 2. The van der Waals surface area contributed by atoms with Gasteiger partial charge in [0.2, 0.25) is 0 Å². The number of ether oxygens (including phenoxy) is 3. The minimum absolute atomic E-state index is 0.0835. The molecule has 1 saturated heterocycles. The molecule has 0 aliphatic carbocycles. The molecule has 3 aromatic carbocycles. The fourth-order valence-electron chi connectivity index (χ4n) is 9.82. The number of hydrogen-bond acceptors (Lipinski definition) is 13. The number of ketones is 1. The fraction of sp³-hybridized carbons (Fsp3) is 0.527. The Bertz CT molecular complexity index is 2310. The highest BCUT2D eigenvalue weighted by Gasteiger charge is 2.47. The summed E-state index contributed by atoms with van der Waals surface area (Å²) in [6.07, 6.45) is 1.81. The van der Waals surface area contributed by atoms with E-state index in [-0.39, 0.29) is 24.7 Å². The molecule has 0 amide bonds. The molecule has 2 unspecified atom stereocenters. The monoisotopic (exact) mass is 1080 g/mol. The Labute approximate surface area is 427 Å². The van der Waals surface area contributed by atoms with Crippen LogP contribution >= 0.6 is 22.6 Å². The zero-order valence-electron chi connectivity index (χ0n) is 41.8. The predicted octanol–water partition coefficient (Wildman–Crippen LogP) is 7.33. The van der Waals surface area contributed by atoms with E-state index in [1.165, 1.54) is 0 Å². The van der Waals surface area contributed by atoms with Gasteiger partial charge in [-0.05, 0) is 124 Å². The van der Waals surface area contributed by atoms with Gasteiger partial charge in [-0.2, -0.15) is 0 Å². The predicted molar refractivity (Wildman–Crippen MR) is 279 cm³/mol. The third-order valence-corrected chi connectivity index (χ3v) is 14.7. The van der Waals surface area contributed by atoms with Crippen LogP contribution in [0.3, 0.4) is 0 Å². The number of cyclic esters (lactones) is 1. The van der Waals surface area contributed by atoms with Crippen molar-refractivity contribution in [1.82, 2.24) is 24.8 Å². The molecule has 12 atom stereocenters. The summed E-state index contributed by atoms with van der Waals surface area (Å²) >= 11 is 2.30. The first kappa shape index (κ1) is 55.1. The second-order valence-electron chi connectivity index (χ2n) is 19.5. The van der Waals surface area contributed by atoms with Crippen LogP contribution in [0, 0.1) is 27.2 Å². The van der Waals surface area contributed by atoms with Crippen molar-refractivity contribution in [1.29, 1.82) is 0 Å². The lowest BCUT2D eigenvalue weighted by atomic mass is 9.79. The Morgan fingerprint density at radius 1 is 0.871 bits per heavy atom. The summed E-state index contributed by atoms with van der Waals surface area (Å²) in [5, 5.41) is 53.9. The number of benzene rings is 3. The van der Waals surface area contributed by atoms with Gasteiger partial charge in [-0.25, -0.2) is 0 Å². The highest BCUT2D eigenvalue weighted by Crippen LogP contribution is 2.35. The zero-order valence-corrected chi connectivity index (χ0v) is 43.9. The molecule has 0 spiro atoms. The summed E-state index contributed by atoms with van der Waals surface area (Å²) in [7, 11) is 3.55. The van der Waals surface area contributed by atoms with Crippen LogP contribution in [0.5, 0.6) is 0 Å². The van der Waals surface area contributed by atoms with E-state index < -0.39 is 72.7 Å². The molecule has 2 aliphatic rings. The minimum Gasteiger partial charge on any atom is -0.462 e. The first-order valence-electron chi connectivity index (χ1n) is 24.8. The molecule has 1 fully saturated rings. The van der Waals surface area contributed by atoms with E-state index in [0.717, 1.165) is 37.1 Å². The van der Waals surface area contributed by atoms with E-state index in [1.807, 2.05) is 62.8 Å². The quantitative estimate of drug-likeness (QED) is 0.0648. The van der Waals surface area contributed by atoms with E-state index in [1.54, 1.807) is 38.1 Å². The summed E-state index contributed by atoms with van der Waals surface area (Å²) < 4.78 is 22.1. The van der Waals surface area contributed by atoms with Crippen LogP contribution in [-0.2, 0) is 36.9 Å². The van der Waals surface area contributed by atoms with Gasteiger partial charge in [-0.1, -0.05) is 110 Å². The van der Waals surface area contributed by atoms with Gasteiger partial charge in [0.05, 0.1) is 49.6 Å². The van der Waals surface area contributed by atoms with Gasteiger partial charge < -0.3 is 39.5 Å².